The molecule has 8 heteroatoms. The van der Waals surface area contributed by atoms with Crippen molar-refractivity contribution in [2.24, 2.45) is 0 Å². The second-order valence-electron chi connectivity index (χ2n) is 7.18. The number of carbonyl (C=O) groups excluding carboxylic acids is 2. The van der Waals surface area contributed by atoms with E-state index in [0.717, 1.165) is 35.6 Å². The SMILES string of the molecule is Cc1cc(F)c(F)cc1-c1c2c(c3c(sc4cc(F)c(F)cc43)c1C)C(=O)NC2=O. The first kappa shape index (κ1) is 18.7. The minimum Gasteiger partial charge on any atom is -0.288 e. The highest BCUT2D eigenvalue weighted by Gasteiger charge is 2.36. The number of hydrogen-bond donors (Lipinski definition) is 1. The quantitative estimate of drug-likeness (QED) is 0.308. The zero-order chi connectivity index (χ0) is 21.5. The van der Waals surface area contributed by atoms with Gasteiger partial charge in [-0.2, -0.15) is 0 Å². The van der Waals surface area contributed by atoms with Gasteiger partial charge in [0.1, 0.15) is 0 Å². The number of halogens is 4. The molecule has 0 fully saturated rings. The molecule has 0 radical (unpaired) electrons. The smallest absolute Gasteiger partial charge is 0.259 e. The second kappa shape index (κ2) is 6.12. The van der Waals surface area contributed by atoms with Crippen molar-refractivity contribution in [1.82, 2.24) is 5.32 Å². The molecule has 2 amide bonds. The Morgan fingerprint density at radius 1 is 0.767 bits per heavy atom. The molecular weight excluding hydrogens is 418 g/mol. The van der Waals surface area contributed by atoms with Crippen LogP contribution in [0.2, 0.25) is 0 Å². The highest BCUT2D eigenvalue weighted by atomic mass is 32.1. The lowest BCUT2D eigenvalue weighted by atomic mass is 9.87. The minimum absolute atomic E-state index is 0.0172. The Morgan fingerprint density at radius 3 is 2.10 bits per heavy atom. The Kier molecular flexibility index (Phi) is 3.82. The standard InChI is InChI=1S/C22H11F4NO2S/c1-7-3-11(23)12(24)4-9(7)16-8(2)20-17(19-18(16)21(28)27-22(19)29)10-5-13(25)14(26)6-15(10)30-20/h3-6H,1-2H3,(H,27,28,29). The van der Waals surface area contributed by atoms with E-state index in [1.54, 1.807) is 13.8 Å². The molecule has 0 saturated heterocycles. The monoisotopic (exact) mass is 429 g/mol. The first-order chi connectivity index (χ1) is 14.2. The van der Waals surface area contributed by atoms with E-state index in [1.807, 2.05) is 0 Å². The van der Waals surface area contributed by atoms with Gasteiger partial charge in [0.2, 0.25) is 0 Å². The molecule has 3 aromatic carbocycles. The second-order valence-corrected chi connectivity index (χ2v) is 8.24. The van der Waals surface area contributed by atoms with E-state index in [-0.39, 0.29) is 16.7 Å². The normalized spacial score (nSPS) is 13.4. The number of benzene rings is 3. The first-order valence-corrected chi connectivity index (χ1v) is 9.70. The molecule has 3 nitrogen and oxygen atoms in total. The van der Waals surface area contributed by atoms with E-state index < -0.39 is 35.1 Å². The Hall–Kier alpha value is -3.26. The van der Waals surface area contributed by atoms with Crippen LogP contribution in [0.5, 0.6) is 0 Å². The van der Waals surface area contributed by atoms with E-state index in [1.165, 1.54) is 0 Å². The number of fused-ring (bicyclic) bond motifs is 5. The number of amides is 2. The van der Waals surface area contributed by atoms with Crippen LogP contribution in [0.15, 0.2) is 24.3 Å². The maximum absolute atomic E-state index is 14.0. The number of carbonyl (C=O) groups is 2. The van der Waals surface area contributed by atoms with E-state index >= 15 is 0 Å². The molecule has 0 bridgehead atoms. The van der Waals surface area contributed by atoms with E-state index in [0.29, 0.717) is 36.9 Å². The summed E-state index contributed by atoms with van der Waals surface area (Å²) < 4.78 is 56.4. The molecule has 1 N–H and O–H groups in total. The zero-order valence-electron chi connectivity index (χ0n) is 15.5. The largest absolute Gasteiger partial charge is 0.288 e. The maximum Gasteiger partial charge on any atom is 0.259 e. The molecule has 2 heterocycles. The van der Waals surface area contributed by atoms with Crippen LogP contribution in [0.25, 0.3) is 31.3 Å². The lowest BCUT2D eigenvalue weighted by Crippen LogP contribution is -2.20. The van der Waals surface area contributed by atoms with Crippen molar-refractivity contribution in [3.63, 3.8) is 0 Å². The van der Waals surface area contributed by atoms with Gasteiger partial charge in [0.25, 0.3) is 11.8 Å². The minimum atomic E-state index is -1.09. The van der Waals surface area contributed by atoms with Crippen molar-refractivity contribution in [3.8, 4) is 11.1 Å². The molecule has 1 aliphatic rings. The van der Waals surface area contributed by atoms with Gasteiger partial charge in [-0.3, -0.25) is 14.9 Å². The summed E-state index contributed by atoms with van der Waals surface area (Å²) in [6.07, 6.45) is 0. The zero-order valence-corrected chi connectivity index (χ0v) is 16.4. The summed E-state index contributed by atoms with van der Waals surface area (Å²) >= 11 is 1.14. The average Bonchev–Trinajstić information content (AvgIpc) is 3.17. The van der Waals surface area contributed by atoms with Crippen LogP contribution in [-0.2, 0) is 0 Å². The molecule has 0 aliphatic carbocycles. The number of rotatable bonds is 1. The molecule has 0 unspecified atom stereocenters. The highest BCUT2D eigenvalue weighted by molar-refractivity contribution is 7.26. The number of nitrogens with one attached hydrogen (secondary N) is 1. The summed E-state index contributed by atoms with van der Waals surface area (Å²) in [6, 6.07) is 4.05. The Morgan fingerprint density at radius 2 is 1.37 bits per heavy atom. The van der Waals surface area contributed by atoms with Gasteiger partial charge >= 0.3 is 0 Å². The molecule has 30 heavy (non-hydrogen) atoms. The molecule has 0 atom stereocenters. The highest BCUT2D eigenvalue weighted by Crippen LogP contribution is 2.46. The van der Waals surface area contributed by atoms with Crippen molar-refractivity contribution in [1.29, 1.82) is 0 Å². The van der Waals surface area contributed by atoms with Crippen molar-refractivity contribution >= 4 is 43.3 Å². The van der Waals surface area contributed by atoms with Crippen molar-refractivity contribution in [3.05, 3.63) is 69.8 Å². The van der Waals surface area contributed by atoms with Crippen molar-refractivity contribution in [2.45, 2.75) is 13.8 Å². The molecule has 5 rings (SSSR count). The summed E-state index contributed by atoms with van der Waals surface area (Å²) in [5.74, 6) is -5.57. The van der Waals surface area contributed by atoms with Crippen molar-refractivity contribution < 1.29 is 27.2 Å². The Labute approximate surface area is 170 Å². The molecule has 0 spiro atoms. The van der Waals surface area contributed by atoms with Gasteiger partial charge in [0.15, 0.2) is 23.3 Å². The van der Waals surface area contributed by atoms with Crippen LogP contribution in [0.4, 0.5) is 17.6 Å². The Bertz CT molecular complexity index is 1470. The van der Waals surface area contributed by atoms with Crippen LogP contribution in [0, 0.1) is 37.1 Å². The van der Waals surface area contributed by atoms with Gasteiger partial charge in [-0.15, -0.1) is 11.3 Å². The number of aryl methyl sites for hydroxylation is 2. The molecule has 150 valence electrons. The fourth-order valence-electron chi connectivity index (χ4n) is 4.09. The first-order valence-electron chi connectivity index (χ1n) is 8.88. The summed E-state index contributed by atoms with van der Waals surface area (Å²) in [6.45, 7) is 3.25. The van der Waals surface area contributed by atoms with Gasteiger partial charge in [-0.1, -0.05) is 0 Å². The average molecular weight is 429 g/mol. The molecule has 1 aromatic heterocycles. The fraction of sp³-hybridized carbons (Fsp3) is 0.0909. The molecule has 1 aliphatic heterocycles. The Balaban J connectivity index is 2.02. The van der Waals surface area contributed by atoms with Gasteiger partial charge in [-0.05, 0) is 60.4 Å². The lowest BCUT2D eigenvalue weighted by molar-refractivity contribution is 0.0880. The number of imide groups is 1. The third-order valence-corrected chi connectivity index (χ3v) is 6.69. The number of thiophene rings is 1. The lowest BCUT2D eigenvalue weighted by Gasteiger charge is -2.15. The van der Waals surface area contributed by atoms with E-state index in [2.05, 4.69) is 5.32 Å². The van der Waals surface area contributed by atoms with Gasteiger partial charge in [0, 0.05) is 20.2 Å². The topological polar surface area (TPSA) is 46.2 Å². The van der Waals surface area contributed by atoms with E-state index in [4.69, 9.17) is 0 Å². The predicted molar refractivity (Wildman–Crippen MR) is 106 cm³/mol. The van der Waals surface area contributed by atoms with Crippen LogP contribution in [0.1, 0.15) is 31.8 Å². The fourth-order valence-corrected chi connectivity index (χ4v) is 5.31. The van der Waals surface area contributed by atoms with Gasteiger partial charge in [-0.25, -0.2) is 17.6 Å². The third-order valence-electron chi connectivity index (χ3n) is 5.41. The summed E-state index contributed by atoms with van der Waals surface area (Å²) in [7, 11) is 0. The molecule has 0 saturated carbocycles. The van der Waals surface area contributed by atoms with Crippen molar-refractivity contribution in [2.75, 3.05) is 0 Å². The summed E-state index contributed by atoms with van der Waals surface area (Å²) in [4.78, 5) is 25.3. The van der Waals surface area contributed by atoms with Gasteiger partial charge in [0.05, 0.1) is 11.1 Å². The summed E-state index contributed by atoms with van der Waals surface area (Å²) in [5, 5.41) is 2.88. The van der Waals surface area contributed by atoms with E-state index in [9.17, 15) is 27.2 Å². The van der Waals surface area contributed by atoms with Crippen LogP contribution < -0.4 is 5.32 Å². The molecule has 4 aromatic rings. The van der Waals surface area contributed by atoms with Crippen LogP contribution >= 0.6 is 11.3 Å². The van der Waals surface area contributed by atoms with Crippen LogP contribution in [-0.4, -0.2) is 11.8 Å². The number of hydrogen-bond acceptors (Lipinski definition) is 3. The van der Waals surface area contributed by atoms with Crippen LogP contribution in [0.3, 0.4) is 0 Å². The summed E-state index contributed by atoms with van der Waals surface area (Å²) in [5.41, 5.74) is 1.52. The maximum atomic E-state index is 14.0. The third kappa shape index (κ3) is 2.37. The predicted octanol–water partition coefficient (Wildman–Crippen LogP) is 5.78. The molecular formula is C22H11F4NO2S. The van der Waals surface area contributed by atoms with Gasteiger partial charge < -0.3 is 0 Å².